The monoisotopic (exact) mass is 214 g/mol. The van der Waals surface area contributed by atoms with Gasteiger partial charge in [0.2, 0.25) is 0 Å². The molecule has 0 fully saturated rings. The quantitative estimate of drug-likeness (QED) is 0.337. The normalized spacial score (nSPS) is 13.1. The lowest BCUT2D eigenvalue weighted by atomic mass is 10.1. The molecule has 0 aliphatic heterocycles. The molecule has 0 N–H and O–H groups in total. The predicted octanol–water partition coefficient (Wildman–Crippen LogP) is -1.08. The molecule has 0 aromatic carbocycles. The number of aliphatic imine (C=N–C) groups is 1. The minimum Gasteiger partial charge on any atom is -0.549 e. The van der Waals surface area contributed by atoms with Crippen LogP contribution in [0.5, 0.6) is 0 Å². The minimum atomic E-state index is -1.32. The second kappa shape index (κ2) is 5.90. The molecule has 0 saturated carbocycles. The molecule has 84 valence electrons. The van der Waals surface area contributed by atoms with E-state index in [4.69, 9.17) is 0 Å². The fourth-order valence-corrected chi connectivity index (χ4v) is 0.699. The number of methoxy groups -OCH3 is 1. The molecule has 0 aliphatic carbocycles. The zero-order valence-corrected chi connectivity index (χ0v) is 8.77. The van der Waals surface area contributed by atoms with E-state index in [0.717, 1.165) is 7.11 Å². The predicted molar refractivity (Wildman–Crippen MR) is 48.9 cm³/mol. The van der Waals surface area contributed by atoms with E-state index in [-0.39, 0.29) is 5.71 Å². The molecule has 0 bridgehead atoms. The van der Waals surface area contributed by atoms with Crippen LogP contribution in [-0.4, -0.2) is 30.7 Å². The van der Waals surface area contributed by atoms with E-state index in [9.17, 15) is 19.5 Å². The first kappa shape index (κ1) is 13.3. The number of esters is 1. The minimum absolute atomic E-state index is 0.101. The molecule has 0 saturated heterocycles. The van der Waals surface area contributed by atoms with Gasteiger partial charge in [0.15, 0.2) is 0 Å². The smallest absolute Gasteiger partial charge is 0.315 e. The van der Waals surface area contributed by atoms with Crippen LogP contribution in [0.3, 0.4) is 0 Å². The number of carboxylic acids is 1. The summed E-state index contributed by atoms with van der Waals surface area (Å²) in [4.78, 5) is 35.6. The molecular formula is C9H12NO5-. The number of nitrogens with zero attached hydrogens (tertiary/aromatic N) is 1. The third-order valence-electron chi connectivity index (χ3n) is 1.80. The fraction of sp³-hybridized carbons (Fsp3) is 0.556. The van der Waals surface area contributed by atoms with E-state index in [1.807, 2.05) is 0 Å². The molecule has 6 heteroatoms. The van der Waals surface area contributed by atoms with Crippen LogP contribution in [0.25, 0.3) is 0 Å². The van der Waals surface area contributed by atoms with Crippen molar-refractivity contribution >= 4 is 23.6 Å². The first-order valence-corrected chi connectivity index (χ1v) is 4.24. The number of amides is 1. The molecule has 0 aromatic rings. The van der Waals surface area contributed by atoms with Gasteiger partial charge in [0, 0.05) is 17.6 Å². The number of aliphatic carboxylic acids is 1. The Morgan fingerprint density at radius 2 is 1.93 bits per heavy atom. The van der Waals surface area contributed by atoms with Gasteiger partial charge in [0.1, 0.15) is 6.42 Å². The summed E-state index contributed by atoms with van der Waals surface area (Å²) < 4.78 is 4.25. The van der Waals surface area contributed by atoms with Crippen LogP contribution in [0.2, 0.25) is 0 Å². The molecule has 1 atom stereocenters. The second-order valence-electron chi connectivity index (χ2n) is 2.94. The maximum Gasteiger partial charge on any atom is 0.315 e. The van der Waals surface area contributed by atoms with Gasteiger partial charge in [0.25, 0.3) is 5.91 Å². The maximum absolute atomic E-state index is 11.0. The van der Waals surface area contributed by atoms with Gasteiger partial charge in [0.05, 0.1) is 7.11 Å². The lowest BCUT2D eigenvalue weighted by Crippen LogP contribution is -2.33. The van der Waals surface area contributed by atoms with Crippen LogP contribution >= 0.6 is 0 Å². The van der Waals surface area contributed by atoms with Crippen molar-refractivity contribution in [1.82, 2.24) is 0 Å². The summed E-state index contributed by atoms with van der Waals surface area (Å²) in [5, 5.41) is 10.4. The molecule has 15 heavy (non-hydrogen) atoms. The first-order valence-electron chi connectivity index (χ1n) is 4.24. The molecule has 0 rings (SSSR count). The summed E-state index contributed by atoms with van der Waals surface area (Å²) in [5.41, 5.74) is 0.101. The maximum atomic E-state index is 11.0. The molecule has 0 spiro atoms. The Kier molecular flexibility index (Phi) is 5.22. The van der Waals surface area contributed by atoms with Gasteiger partial charge in [-0.2, -0.15) is 0 Å². The zero-order chi connectivity index (χ0) is 12.0. The lowest BCUT2D eigenvalue weighted by Gasteiger charge is -2.10. The third-order valence-corrected chi connectivity index (χ3v) is 1.80. The standard InChI is InChI=1S/C9H13NO5/c1-5(9(13)14)6(2)10-7(11)4-8(12)15-3/h5H,4H2,1-3H3,(H,13,14)/p-1. The summed E-state index contributed by atoms with van der Waals surface area (Å²) in [7, 11) is 1.15. The highest BCUT2D eigenvalue weighted by Crippen LogP contribution is 1.99. The molecule has 0 radical (unpaired) electrons. The first-order chi connectivity index (χ1) is 6.88. The lowest BCUT2D eigenvalue weighted by molar-refractivity contribution is -0.308. The van der Waals surface area contributed by atoms with Gasteiger partial charge < -0.3 is 14.6 Å². The highest BCUT2D eigenvalue weighted by atomic mass is 16.5. The van der Waals surface area contributed by atoms with E-state index >= 15 is 0 Å². The Bertz CT molecular complexity index is 308. The molecule has 1 unspecified atom stereocenters. The number of hydrogen-bond donors (Lipinski definition) is 0. The summed E-state index contributed by atoms with van der Waals surface area (Å²) in [6, 6.07) is 0. The molecule has 1 amide bonds. The van der Waals surface area contributed by atoms with Crippen molar-refractivity contribution in [3.05, 3.63) is 0 Å². The van der Waals surface area contributed by atoms with Gasteiger partial charge in [-0.25, -0.2) is 4.99 Å². The van der Waals surface area contributed by atoms with Crippen molar-refractivity contribution < 1.29 is 24.2 Å². The Hall–Kier alpha value is -1.72. The fourth-order valence-electron chi connectivity index (χ4n) is 0.699. The van der Waals surface area contributed by atoms with Crippen LogP contribution in [0.4, 0.5) is 0 Å². The molecule has 0 aliphatic rings. The number of carboxylic acid groups (broad SMARTS) is 1. The highest BCUT2D eigenvalue weighted by molar-refractivity contribution is 6.06. The molecule has 0 heterocycles. The largest absolute Gasteiger partial charge is 0.549 e. The van der Waals surface area contributed by atoms with Crippen LogP contribution in [0.15, 0.2) is 4.99 Å². The van der Waals surface area contributed by atoms with Crippen molar-refractivity contribution in [3.8, 4) is 0 Å². The second-order valence-corrected chi connectivity index (χ2v) is 2.94. The molecule has 6 nitrogen and oxygen atoms in total. The van der Waals surface area contributed by atoms with E-state index < -0.39 is 30.2 Å². The van der Waals surface area contributed by atoms with Crippen molar-refractivity contribution in [2.24, 2.45) is 10.9 Å². The van der Waals surface area contributed by atoms with Gasteiger partial charge in [-0.05, 0) is 6.92 Å². The Morgan fingerprint density at radius 1 is 1.40 bits per heavy atom. The van der Waals surface area contributed by atoms with E-state index in [0.29, 0.717) is 0 Å². The molecule has 0 aromatic heterocycles. The Balaban J connectivity index is 4.42. The number of hydrogen-bond acceptors (Lipinski definition) is 5. The number of rotatable bonds is 4. The van der Waals surface area contributed by atoms with E-state index in [1.54, 1.807) is 0 Å². The van der Waals surface area contributed by atoms with Gasteiger partial charge in [-0.1, -0.05) is 6.92 Å². The van der Waals surface area contributed by atoms with Gasteiger partial charge in [-0.15, -0.1) is 0 Å². The topological polar surface area (TPSA) is 95.9 Å². The van der Waals surface area contributed by atoms with Crippen LogP contribution in [0, 0.1) is 5.92 Å². The third kappa shape index (κ3) is 4.90. The number of carbonyl (C=O) groups is 3. The highest BCUT2D eigenvalue weighted by Gasteiger charge is 2.12. The summed E-state index contributed by atoms with van der Waals surface area (Å²) in [6.07, 6.45) is -0.492. The average molecular weight is 214 g/mol. The van der Waals surface area contributed by atoms with Gasteiger partial charge >= 0.3 is 5.97 Å². The van der Waals surface area contributed by atoms with Crippen molar-refractivity contribution in [2.75, 3.05) is 7.11 Å². The Morgan fingerprint density at radius 3 is 2.33 bits per heavy atom. The zero-order valence-electron chi connectivity index (χ0n) is 8.77. The van der Waals surface area contributed by atoms with Crippen molar-refractivity contribution in [2.45, 2.75) is 20.3 Å². The van der Waals surface area contributed by atoms with E-state index in [1.165, 1.54) is 13.8 Å². The molecular weight excluding hydrogens is 202 g/mol. The summed E-state index contributed by atoms with van der Waals surface area (Å²) >= 11 is 0. The van der Waals surface area contributed by atoms with Gasteiger partial charge in [-0.3, -0.25) is 9.59 Å². The number of ether oxygens (including phenoxy) is 1. The number of carbonyl (C=O) groups excluding carboxylic acids is 3. The van der Waals surface area contributed by atoms with Crippen LogP contribution in [0.1, 0.15) is 20.3 Å². The van der Waals surface area contributed by atoms with E-state index in [2.05, 4.69) is 9.73 Å². The van der Waals surface area contributed by atoms with Crippen LogP contribution in [-0.2, 0) is 19.1 Å². The SMILES string of the molecule is COC(=O)CC(=O)N=C(C)C(C)C(=O)[O-]. The summed E-state index contributed by atoms with van der Waals surface area (Å²) in [5.74, 6) is -3.71. The van der Waals surface area contributed by atoms with Crippen molar-refractivity contribution in [1.29, 1.82) is 0 Å². The Labute approximate surface area is 86.9 Å². The summed E-state index contributed by atoms with van der Waals surface area (Å²) in [6.45, 7) is 2.73. The van der Waals surface area contributed by atoms with Crippen molar-refractivity contribution in [3.63, 3.8) is 0 Å². The average Bonchev–Trinajstić information content (AvgIpc) is 2.15. The van der Waals surface area contributed by atoms with Crippen LogP contribution < -0.4 is 5.11 Å².